The average molecular weight is 1330 g/mol. The third kappa shape index (κ3) is 25.5. The van der Waals surface area contributed by atoms with Crippen LogP contribution < -0.4 is 0 Å². The molecule has 10 aliphatic rings. The number of nitrogens with zero attached hydrogens (tertiary/aromatic N) is 8. The molecule has 550 valence electrons. The molecule has 2 bridgehead atoms. The van der Waals surface area contributed by atoms with Crippen LogP contribution in [-0.4, -0.2) is 221 Å². The van der Waals surface area contributed by atoms with E-state index in [1.54, 1.807) is 7.11 Å². The second kappa shape index (κ2) is 40.7. The van der Waals surface area contributed by atoms with Crippen LogP contribution in [0.4, 0.5) is 0 Å². The van der Waals surface area contributed by atoms with Crippen LogP contribution in [-0.2, 0) is 18.9 Å². The summed E-state index contributed by atoms with van der Waals surface area (Å²) in [4.78, 5) is 22.0. The van der Waals surface area contributed by atoms with Gasteiger partial charge in [-0.3, -0.25) is 34.3 Å². The Hall–Kier alpha value is -0.600. The predicted molar refractivity (Wildman–Crippen MR) is 405 cm³/mol. The SMILES string of the molecule is C.CC(C)[C@@H]1CC2(CC2)CN1C(C)C.CC(C)[C@@H]1CC2(CN1C(C)C)OCCO2.CC(C)[C@@H]1CCCN1C(C)C.CC(C)[C@@H]1SCCN1C(C)C.CC(C)[C@@H]1[C@H]2CC[C@H](C2)N1C(C)C.COCCO[C@H]1C[C@@H](C(C)C)N(C(C)C)C1.[C-]#[N+][C@H]1C[C@@H](C(C)C)N(C(C)C)C1. The number of rotatable bonds is 18. The van der Waals surface area contributed by atoms with Gasteiger partial charge in [-0.15, -0.1) is 11.8 Å². The highest BCUT2D eigenvalue weighted by Gasteiger charge is 2.53. The molecule has 10 fully saturated rings. The van der Waals surface area contributed by atoms with Crippen molar-refractivity contribution in [2.75, 3.05) is 78.6 Å². The lowest BCUT2D eigenvalue weighted by Crippen LogP contribution is -2.47. The van der Waals surface area contributed by atoms with Crippen molar-refractivity contribution in [2.45, 2.75) is 380 Å². The minimum Gasteiger partial charge on any atom is -0.382 e. The maximum atomic E-state index is 7.06. The van der Waals surface area contributed by atoms with Crippen LogP contribution in [0.5, 0.6) is 0 Å². The van der Waals surface area contributed by atoms with Crippen molar-refractivity contribution in [3.05, 3.63) is 11.4 Å². The van der Waals surface area contributed by atoms with Gasteiger partial charge in [-0.2, -0.15) is 0 Å². The maximum Gasteiger partial charge on any atom is 0.237 e. The molecule has 0 aromatic heterocycles. The van der Waals surface area contributed by atoms with Crippen molar-refractivity contribution in [2.24, 2.45) is 52.8 Å². The molecule has 0 N–H and O–H groups in total. The molecule has 12 nitrogen and oxygen atoms in total. The van der Waals surface area contributed by atoms with Gasteiger partial charge in [-0.1, -0.05) is 104 Å². The minimum atomic E-state index is -0.279. The van der Waals surface area contributed by atoms with Crippen molar-refractivity contribution in [3.63, 3.8) is 0 Å². The number of thioether (sulfide) groups is 1. The Morgan fingerprint density at radius 1 is 0.484 bits per heavy atom. The van der Waals surface area contributed by atoms with E-state index in [1.165, 1.54) is 83.2 Å². The molecule has 0 unspecified atom stereocenters. The average Bonchev–Trinajstić information content (AvgIpc) is 1.61. The van der Waals surface area contributed by atoms with Crippen molar-refractivity contribution < 1.29 is 18.9 Å². The molecule has 2 spiro atoms. The summed E-state index contributed by atoms with van der Waals surface area (Å²) < 4.78 is 22.4. The largest absolute Gasteiger partial charge is 0.382 e. The molecule has 8 heterocycles. The van der Waals surface area contributed by atoms with Crippen LogP contribution in [0.1, 0.15) is 272 Å². The first kappa shape index (κ1) is 86.6. The highest BCUT2D eigenvalue weighted by molar-refractivity contribution is 8.00. The Kier molecular flexibility index (Phi) is 37.9. The summed E-state index contributed by atoms with van der Waals surface area (Å²) in [6.07, 6.45) is 15.4. The normalized spacial score (nSPS) is 30.4. The lowest BCUT2D eigenvalue weighted by Gasteiger charge is -2.40. The van der Waals surface area contributed by atoms with Crippen molar-refractivity contribution >= 4 is 11.8 Å². The van der Waals surface area contributed by atoms with Gasteiger partial charge < -0.3 is 23.8 Å². The number of hydrogen-bond acceptors (Lipinski definition) is 12. The Morgan fingerprint density at radius 2 is 0.978 bits per heavy atom. The monoisotopic (exact) mass is 1330 g/mol. The van der Waals surface area contributed by atoms with Gasteiger partial charge in [0.25, 0.3) is 0 Å². The number of fused-ring (bicyclic) bond motifs is 2. The van der Waals surface area contributed by atoms with E-state index in [-0.39, 0.29) is 19.3 Å². The van der Waals surface area contributed by atoms with Gasteiger partial charge in [0.15, 0.2) is 5.79 Å². The first-order chi connectivity index (χ1) is 43.1. The first-order valence-corrected chi connectivity index (χ1v) is 39.8. The number of likely N-dealkylation sites (tertiary alicyclic amines) is 6. The fraction of sp³-hybridized carbons (Fsp3) is 0.988. The molecule has 0 aromatic rings. The maximum absolute atomic E-state index is 7.06. The van der Waals surface area contributed by atoms with E-state index in [4.69, 9.17) is 25.5 Å². The summed E-state index contributed by atoms with van der Waals surface area (Å²) in [5.74, 6) is 7.42. The van der Waals surface area contributed by atoms with E-state index in [1.807, 2.05) is 0 Å². The third-order valence-corrected chi connectivity index (χ3v) is 24.5. The standard InChI is InChI=1S/C13H27NO2.C12H23NO2.2C12H23N.C11H20N2.C10H21N.C9H19NS.CH4/c1-10(2)13-8-12(16-7-6-15-5)9-14(13)11(3)4;1-9(2)11-7-12(14-5-6-15-12)8-13(11)10(3)4;1-9(2)11-7-12(5-6-12)8-13(11)10(3)4;1-8(2)12-10-5-6-11(7-10)13(12)9(3)4;1-8(2)11-6-10(12-5)7-13(11)9(3)4;1-8(2)10-6-5-7-11(10)9(3)4;1-7(2)9-10(8(3)4)5-6-11-9;/h10-13H,6-9H2,1-5H3;9-11H,5-8H2,1-4H3;9-11H,5-8H2,1-4H3;8-12H,5-7H2,1-4H3;8-11H,6-7H2,1-4H3;8-10H,5-7H2,1-4H3;7-9H,5-6H2,1-4H3;1H4/t12-,13-;2*11-;10-,11+,12+;10-,11-;10-;9-;/m0000000./s1. The van der Waals surface area contributed by atoms with Gasteiger partial charge in [-0.05, 0) is 214 Å². The van der Waals surface area contributed by atoms with E-state index in [9.17, 15) is 0 Å². The Balaban J connectivity index is 0.000000284. The van der Waals surface area contributed by atoms with Crippen LogP contribution >= 0.6 is 11.8 Å². The molecule has 11 atom stereocenters. The van der Waals surface area contributed by atoms with Gasteiger partial charge in [-0.25, -0.2) is 6.57 Å². The van der Waals surface area contributed by atoms with E-state index >= 15 is 0 Å². The third-order valence-electron chi connectivity index (χ3n) is 22.9. The van der Waals surface area contributed by atoms with Crippen LogP contribution in [0.2, 0.25) is 0 Å². The summed E-state index contributed by atoms with van der Waals surface area (Å²) in [5.41, 5.74) is 0.777. The lowest BCUT2D eigenvalue weighted by molar-refractivity contribution is -0.146. The zero-order chi connectivity index (χ0) is 69.3. The molecule has 93 heavy (non-hydrogen) atoms. The lowest BCUT2D eigenvalue weighted by atomic mass is 9.89. The zero-order valence-electron chi connectivity index (χ0n) is 66.1. The fourth-order valence-electron chi connectivity index (χ4n) is 17.9. The minimum absolute atomic E-state index is 0. The summed E-state index contributed by atoms with van der Waals surface area (Å²) in [6, 6.07) is 10.4. The molecule has 10 rings (SSSR count). The van der Waals surface area contributed by atoms with Crippen LogP contribution in [0.15, 0.2) is 0 Å². The zero-order valence-corrected chi connectivity index (χ0v) is 66.9. The number of ether oxygens (including phenoxy) is 4. The van der Waals surface area contributed by atoms with Gasteiger partial charge in [0.05, 0.1) is 51.0 Å². The van der Waals surface area contributed by atoms with E-state index in [0.717, 1.165) is 141 Å². The summed E-state index contributed by atoms with van der Waals surface area (Å²) in [6.45, 7) is 81.6. The highest BCUT2D eigenvalue weighted by atomic mass is 32.2. The topological polar surface area (TPSA) is 64.0 Å². The molecular formula is C80H160N8O4S. The molecule has 0 amide bonds. The molecule has 13 heteroatoms. The molecular weight excluding hydrogens is 1170 g/mol. The summed E-state index contributed by atoms with van der Waals surface area (Å²) in [7, 11) is 1.72. The molecule has 8 saturated heterocycles. The Morgan fingerprint density at radius 3 is 1.35 bits per heavy atom. The predicted octanol–water partition coefficient (Wildman–Crippen LogP) is 17.8. The summed E-state index contributed by atoms with van der Waals surface area (Å²) in [5, 5.41) is 0.773. The first-order valence-electron chi connectivity index (χ1n) is 38.7. The van der Waals surface area contributed by atoms with Crippen LogP contribution in [0.3, 0.4) is 0 Å². The molecule has 0 aromatic carbocycles. The summed E-state index contributed by atoms with van der Waals surface area (Å²) >= 11 is 2.11. The van der Waals surface area contributed by atoms with Gasteiger partial charge in [0.1, 0.15) is 0 Å². The van der Waals surface area contributed by atoms with Crippen molar-refractivity contribution in [1.82, 2.24) is 34.3 Å². The van der Waals surface area contributed by atoms with Gasteiger partial charge in [0.2, 0.25) is 6.04 Å². The molecule has 2 aliphatic carbocycles. The second-order valence-electron chi connectivity index (χ2n) is 34.7. The van der Waals surface area contributed by atoms with E-state index < -0.39 is 0 Å². The molecule has 0 radical (unpaired) electrons. The number of hydrogen-bond donors (Lipinski definition) is 0. The molecule has 8 aliphatic heterocycles. The van der Waals surface area contributed by atoms with Crippen molar-refractivity contribution in [3.8, 4) is 0 Å². The molecule has 2 saturated carbocycles. The smallest absolute Gasteiger partial charge is 0.237 e. The number of piperidine rings is 1. The Labute approximate surface area is 584 Å². The Bertz CT molecular complexity index is 1890. The van der Waals surface area contributed by atoms with Crippen LogP contribution in [0.25, 0.3) is 4.85 Å². The number of methoxy groups -OCH3 is 1. The highest BCUT2D eigenvalue weighted by Crippen LogP contribution is 2.56. The van der Waals surface area contributed by atoms with Crippen LogP contribution in [0, 0.1) is 59.3 Å². The van der Waals surface area contributed by atoms with E-state index in [2.05, 4.69) is 245 Å². The fourth-order valence-corrected chi connectivity index (χ4v) is 19.4. The quantitative estimate of drug-likeness (QED) is 0.0970. The second-order valence-corrected chi connectivity index (χ2v) is 36.0. The van der Waals surface area contributed by atoms with Crippen molar-refractivity contribution in [1.29, 1.82) is 0 Å². The van der Waals surface area contributed by atoms with Gasteiger partial charge >= 0.3 is 0 Å². The van der Waals surface area contributed by atoms with E-state index in [0.29, 0.717) is 66.7 Å². The van der Waals surface area contributed by atoms with Gasteiger partial charge in [0, 0.05) is 130 Å².